The zero-order valence-electron chi connectivity index (χ0n) is 9.78. The van der Waals surface area contributed by atoms with Crippen LogP contribution in [-0.2, 0) is 10.2 Å². The summed E-state index contributed by atoms with van der Waals surface area (Å²) in [6, 6.07) is 0.336. The lowest BCUT2D eigenvalue weighted by Crippen LogP contribution is -2.45. The molecule has 0 bridgehead atoms. The van der Waals surface area contributed by atoms with E-state index in [1.54, 1.807) is 7.05 Å². The van der Waals surface area contributed by atoms with Gasteiger partial charge in [-0.3, -0.25) is 0 Å². The second-order valence-electron chi connectivity index (χ2n) is 4.75. The first-order valence-electron chi connectivity index (χ1n) is 6.05. The van der Waals surface area contributed by atoms with Gasteiger partial charge in [-0.2, -0.15) is 17.4 Å². The minimum Gasteiger partial charge on any atom is -0.317 e. The van der Waals surface area contributed by atoms with Crippen LogP contribution in [0, 0.1) is 0 Å². The highest BCUT2D eigenvalue weighted by Crippen LogP contribution is 2.22. The Hall–Kier alpha value is -0.170. The Balaban J connectivity index is 1.95. The SMILES string of the molecule is CN(C1CCCNCC1)S(=O)(=O)NC1CC1. The molecule has 5 nitrogen and oxygen atoms in total. The summed E-state index contributed by atoms with van der Waals surface area (Å²) in [6.45, 7) is 1.91. The van der Waals surface area contributed by atoms with Crippen molar-refractivity contribution in [2.45, 2.75) is 44.2 Å². The van der Waals surface area contributed by atoms with Crippen LogP contribution in [0.3, 0.4) is 0 Å². The summed E-state index contributed by atoms with van der Waals surface area (Å²) in [7, 11) is -1.56. The van der Waals surface area contributed by atoms with Crippen LogP contribution in [-0.4, -0.2) is 44.9 Å². The van der Waals surface area contributed by atoms with Crippen LogP contribution in [0.15, 0.2) is 0 Å². The van der Waals surface area contributed by atoms with Gasteiger partial charge in [0.15, 0.2) is 0 Å². The van der Waals surface area contributed by atoms with Gasteiger partial charge in [0.2, 0.25) is 0 Å². The number of rotatable bonds is 4. The maximum Gasteiger partial charge on any atom is 0.279 e. The average molecular weight is 247 g/mol. The van der Waals surface area contributed by atoms with Crippen LogP contribution in [0.5, 0.6) is 0 Å². The summed E-state index contributed by atoms with van der Waals surface area (Å²) in [4.78, 5) is 0. The van der Waals surface area contributed by atoms with Crippen molar-refractivity contribution in [1.82, 2.24) is 14.3 Å². The molecule has 0 aromatic rings. The lowest BCUT2D eigenvalue weighted by Gasteiger charge is -2.26. The minimum absolute atomic E-state index is 0.145. The average Bonchev–Trinajstić information content (AvgIpc) is 3.02. The predicted molar refractivity (Wildman–Crippen MR) is 63.3 cm³/mol. The van der Waals surface area contributed by atoms with Gasteiger partial charge >= 0.3 is 0 Å². The highest BCUT2D eigenvalue weighted by molar-refractivity contribution is 7.87. The Kier molecular flexibility index (Phi) is 3.84. The molecule has 1 aliphatic heterocycles. The summed E-state index contributed by atoms with van der Waals surface area (Å²) in [6.07, 6.45) is 4.88. The van der Waals surface area contributed by atoms with Crippen molar-refractivity contribution in [2.24, 2.45) is 0 Å². The summed E-state index contributed by atoms with van der Waals surface area (Å²) in [5.74, 6) is 0. The summed E-state index contributed by atoms with van der Waals surface area (Å²) in [5.41, 5.74) is 0. The zero-order chi connectivity index (χ0) is 11.6. The number of hydrogen-bond acceptors (Lipinski definition) is 3. The van der Waals surface area contributed by atoms with Crippen LogP contribution in [0.2, 0.25) is 0 Å². The van der Waals surface area contributed by atoms with E-state index in [0.29, 0.717) is 0 Å². The predicted octanol–water partition coefficient (Wildman–Crippen LogP) is 0.0571. The second-order valence-corrected chi connectivity index (χ2v) is 6.51. The lowest BCUT2D eigenvalue weighted by atomic mass is 10.1. The van der Waals surface area contributed by atoms with Crippen molar-refractivity contribution >= 4 is 10.2 Å². The lowest BCUT2D eigenvalue weighted by molar-refractivity contribution is 0.336. The molecule has 0 radical (unpaired) electrons. The van der Waals surface area contributed by atoms with E-state index in [9.17, 15) is 8.42 Å². The first-order valence-corrected chi connectivity index (χ1v) is 7.49. The van der Waals surface area contributed by atoms with Crippen molar-refractivity contribution < 1.29 is 8.42 Å². The van der Waals surface area contributed by atoms with Gasteiger partial charge in [-0.25, -0.2) is 0 Å². The zero-order valence-corrected chi connectivity index (χ0v) is 10.6. The Labute approximate surface area is 97.8 Å². The molecule has 16 heavy (non-hydrogen) atoms. The Morgan fingerprint density at radius 2 is 1.94 bits per heavy atom. The molecule has 2 N–H and O–H groups in total. The van der Waals surface area contributed by atoms with E-state index >= 15 is 0 Å². The molecule has 2 rings (SSSR count). The van der Waals surface area contributed by atoms with Crippen molar-refractivity contribution in [3.05, 3.63) is 0 Å². The number of nitrogens with one attached hydrogen (secondary N) is 2. The van der Waals surface area contributed by atoms with Crippen molar-refractivity contribution in [3.8, 4) is 0 Å². The van der Waals surface area contributed by atoms with E-state index in [1.807, 2.05) is 0 Å². The molecule has 6 heteroatoms. The van der Waals surface area contributed by atoms with Crippen LogP contribution >= 0.6 is 0 Å². The molecule has 2 fully saturated rings. The monoisotopic (exact) mass is 247 g/mol. The van der Waals surface area contributed by atoms with Crippen molar-refractivity contribution in [3.63, 3.8) is 0 Å². The van der Waals surface area contributed by atoms with E-state index in [-0.39, 0.29) is 12.1 Å². The molecule has 1 atom stereocenters. The topological polar surface area (TPSA) is 61.4 Å². The largest absolute Gasteiger partial charge is 0.317 e. The first-order chi connectivity index (χ1) is 7.59. The molecular weight excluding hydrogens is 226 g/mol. The Morgan fingerprint density at radius 1 is 1.19 bits per heavy atom. The minimum atomic E-state index is -3.26. The van der Waals surface area contributed by atoms with E-state index < -0.39 is 10.2 Å². The van der Waals surface area contributed by atoms with Crippen molar-refractivity contribution in [1.29, 1.82) is 0 Å². The third-order valence-corrected chi connectivity index (χ3v) is 5.02. The van der Waals surface area contributed by atoms with Gasteiger partial charge in [0.25, 0.3) is 10.2 Å². The highest BCUT2D eigenvalue weighted by atomic mass is 32.2. The van der Waals surface area contributed by atoms with Gasteiger partial charge in [0, 0.05) is 19.1 Å². The van der Waals surface area contributed by atoms with E-state index in [1.165, 1.54) is 4.31 Å². The Morgan fingerprint density at radius 3 is 2.62 bits per heavy atom. The first kappa shape index (κ1) is 12.3. The highest BCUT2D eigenvalue weighted by Gasteiger charge is 2.32. The maximum absolute atomic E-state index is 12.0. The fourth-order valence-corrected chi connectivity index (χ4v) is 3.48. The van der Waals surface area contributed by atoms with Gasteiger partial charge in [0.1, 0.15) is 0 Å². The standard InChI is InChI=1S/C10H21N3O2S/c1-13(10-3-2-7-11-8-6-10)16(14,15)12-9-4-5-9/h9-12H,2-8H2,1H3. The Bertz CT molecular complexity index is 319. The number of hydrogen-bond donors (Lipinski definition) is 2. The molecular formula is C10H21N3O2S. The molecule has 1 saturated carbocycles. The molecule has 0 aromatic carbocycles. The molecule has 0 amide bonds. The summed E-state index contributed by atoms with van der Waals surface area (Å²) < 4.78 is 28.2. The van der Waals surface area contributed by atoms with Crippen LogP contribution in [0.25, 0.3) is 0 Å². The van der Waals surface area contributed by atoms with Gasteiger partial charge in [-0.1, -0.05) is 0 Å². The van der Waals surface area contributed by atoms with Gasteiger partial charge in [-0.05, 0) is 45.2 Å². The molecule has 0 aromatic heterocycles. The van der Waals surface area contributed by atoms with Crippen molar-refractivity contribution in [2.75, 3.05) is 20.1 Å². The molecule has 2 aliphatic rings. The third kappa shape index (κ3) is 3.16. The fourth-order valence-electron chi connectivity index (χ4n) is 2.06. The maximum atomic E-state index is 12.0. The summed E-state index contributed by atoms with van der Waals surface area (Å²) in [5, 5.41) is 3.29. The molecule has 1 heterocycles. The van der Waals surface area contributed by atoms with E-state index in [4.69, 9.17) is 0 Å². The van der Waals surface area contributed by atoms with E-state index in [0.717, 1.165) is 45.2 Å². The van der Waals surface area contributed by atoms with Crippen LogP contribution in [0.1, 0.15) is 32.1 Å². The smallest absolute Gasteiger partial charge is 0.279 e. The molecule has 1 unspecified atom stereocenters. The third-order valence-electron chi connectivity index (χ3n) is 3.33. The molecule has 0 spiro atoms. The summed E-state index contributed by atoms with van der Waals surface area (Å²) >= 11 is 0. The molecule has 1 aliphatic carbocycles. The van der Waals surface area contributed by atoms with Gasteiger partial charge < -0.3 is 5.32 Å². The van der Waals surface area contributed by atoms with Gasteiger partial charge in [-0.15, -0.1) is 0 Å². The normalized spacial score (nSPS) is 28.0. The van der Waals surface area contributed by atoms with E-state index in [2.05, 4.69) is 10.0 Å². The van der Waals surface area contributed by atoms with Crippen LogP contribution < -0.4 is 10.0 Å². The quantitative estimate of drug-likeness (QED) is 0.738. The van der Waals surface area contributed by atoms with Crippen LogP contribution in [0.4, 0.5) is 0 Å². The second kappa shape index (κ2) is 5.00. The molecule has 94 valence electrons. The fraction of sp³-hybridized carbons (Fsp3) is 1.00. The van der Waals surface area contributed by atoms with Gasteiger partial charge in [0.05, 0.1) is 0 Å². The number of nitrogens with zero attached hydrogens (tertiary/aromatic N) is 1. The molecule has 1 saturated heterocycles.